The molecular formula is C16H11ClF3N3O2S. The number of hydrogen-bond donors (Lipinski definition) is 1. The number of carbonyl (C=O) groups excluding carboxylic acids is 2. The summed E-state index contributed by atoms with van der Waals surface area (Å²) in [5.41, 5.74) is 0.122. The molecule has 0 fully saturated rings. The van der Waals surface area contributed by atoms with E-state index in [1.165, 1.54) is 4.90 Å². The van der Waals surface area contributed by atoms with Crippen molar-refractivity contribution < 1.29 is 22.8 Å². The first-order valence-electron chi connectivity index (χ1n) is 7.30. The molecule has 3 rings (SSSR count). The maximum Gasteiger partial charge on any atom is 0.417 e. The van der Waals surface area contributed by atoms with Gasteiger partial charge in [-0.05, 0) is 18.2 Å². The molecule has 2 aromatic rings. The van der Waals surface area contributed by atoms with Gasteiger partial charge in [-0.3, -0.25) is 9.59 Å². The number of anilines is 2. The first kappa shape index (κ1) is 18.5. The Hall–Kier alpha value is -2.26. The van der Waals surface area contributed by atoms with Gasteiger partial charge in [0.1, 0.15) is 11.6 Å². The molecule has 0 aliphatic carbocycles. The molecule has 0 radical (unpaired) electrons. The van der Waals surface area contributed by atoms with Gasteiger partial charge >= 0.3 is 6.18 Å². The first-order valence-corrected chi connectivity index (χ1v) is 8.67. The summed E-state index contributed by atoms with van der Waals surface area (Å²) in [5.74, 6) is -0.831. The minimum Gasteiger partial charge on any atom is -0.323 e. The summed E-state index contributed by atoms with van der Waals surface area (Å²) in [7, 11) is 0. The van der Waals surface area contributed by atoms with Crippen molar-refractivity contribution in [2.75, 3.05) is 22.5 Å². The van der Waals surface area contributed by atoms with E-state index in [9.17, 15) is 22.8 Å². The Kier molecular flexibility index (Phi) is 5.10. The van der Waals surface area contributed by atoms with Crippen LogP contribution in [0.25, 0.3) is 0 Å². The number of halogens is 4. The van der Waals surface area contributed by atoms with Crippen LogP contribution in [0.5, 0.6) is 0 Å². The highest BCUT2D eigenvalue weighted by atomic mass is 35.5. The maximum atomic E-state index is 12.6. The predicted octanol–water partition coefficient (Wildman–Crippen LogP) is 3.83. The third-order valence-corrected chi connectivity index (χ3v) is 4.93. The molecular weight excluding hydrogens is 391 g/mol. The van der Waals surface area contributed by atoms with Crippen LogP contribution in [-0.4, -0.2) is 29.1 Å². The number of nitrogens with one attached hydrogen (secondary N) is 1. The van der Waals surface area contributed by atoms with Crippen molar-refractivity contribution in [2.45, 2.75) is 11.2 Å². The van der Waals surface area contributed by atoms with E-state index in [0.717, 1.165) is 17.8 Å². The summed E-state index contributed by atoms with van der Waals surface area (Å²) >= 11 is 6.75. The van der Waals surface area contributed by atoms with E-state index in [-0.39, 0.29) is 34.2 Å². The number of nitrogens with zero attached hydrogens (tertiary/aromatic N) is 2. The molecule has 1 aromatic heterocycles. The third kappa shape index (κ3) is 3.94. The van der Waals surface area contributed by atoms with Gasteiger partial charge in [0.2, 0.25) is 11.8 Å². The standard InChI is InChI=1S/C16H11ClF3N3O2S/c17-10-5-9(16(18,19)20)6-21-15(10)26-8-14(25)23-7-13(24)22-11-3-1-2-4-12(11)23/h1-6H,7-8H2,(H,22,24). The summed E-state index contributed by atoms with van der Waals surface area (Å²) in [4.78, 5) is 29.2. The quantitative estimate of drug-likeness (QED) is 0.794. The fourth-order valence-corrected chi connectivity index (χ4v) is 3.42. The highest BCUT2D eigenvalue weighted by Gasteiger charge is 2.32. The van der Waals surface area contributed by atoms with E-state index in [1.54, 1.807) is 24.3 Å². The van der Waals surface area contributed by atoms with Crippen LogP contribution in [0.1, 0.15) is 5.56 Å². The highest BCUT2D eigenvalue weighted by molar-refractivity contribution is 8.00. The van der Waals surface area contributed by atoms with Crippen LogP contribution in [-0.2, 0) is 15.8 Å². The number of rotatable bonds is 3. The zero-order valence-electron chi connectivity index (χ0n) is 13.0. The average molecular weight is 402 g/mol. The Morgan fingerprint density at radius 3 is 2.77 bits per heavy atom. The Morgan fingerprint density at radius 1 is 1.35 bits per heavy atom. The van der Waals surface area contributed by atoms with Crippen molar-refractivity contribution in [1.82, 2.24) is 4.98 Å². The molecule has 1 N–H and O–H groups in total. The smallest absolute Gasteiger partial charge is 0.323 e. The van der Waals surface area contributed by atoms with Crippen LogP contribution in [0, 0.1) is 0 Å². The van der Waals surface area contributed by atoms with Crippen LogP contribution in [0.15, 0.2) is 41.6 Å². The van der Waals surface area contributed by atoms with Crippen molar-refractivity contribution in [1.29, 1.82) is 0 Å². The Bertz CT molecular complexity index is 876. The molecule has 0 spiro atoms. The van der Waals surface area contributed by atoms with E-state index in [4.69, 9.17) is 11.6 Å². The van der Waals surface area contributed by atoms with Crippen LogP contribution in [0.3, 0.4) is 0 Å². The number of amides is 2. The number of hydrogen-bond acceptors (Lipinski definition) is 4. The second-order valence-corrected chi connectivity index (χ2v) is 6.71. The number of para-hydroxylation sites is 2. The normalized spacial score (nSPS) is 14.0. The van der Waals surface area contributed by atoms with E-state index in [0.29, 0.717) is 17.6 Å². The molecule has 0 saturated carbocycles. The van der Waals surface area contributed by atoms with Gasteiger partial charge in [0.15, 0.2) is 0 Å². The number of benzene rings is 1. The summed E-state index contributed by atoms with van der Waals surface area (Å²) < 4.78 is 37.9. The fraction of sp³-hybridized carbons (Fsp3) is 0.188. The van der Waals surface area contributed by atoms with Gasteiger partial charge in [-0.2, -0.15) is 13.2 Å². The van der Waals surface area contributed by atoms with Crippen molar-refractivity contribution in [3.05, 3.63) is 47.1 Å². The van der Waals surface area contributed by atoms with Crippen molar-refractivity contribution in [2.24, 2.45) is 0 Å². The summed E-state index contributed by atoms with van der Waals surface area (Å²) in [5, 5.41) is 2.60. The lowest BCUT2D eigenvalue weighted by molar-refractivity contribution is -0.137. The number of carbonyl (C=O) groups is 2. The molecule has 1 aliphatic heterocycles. The van der Waals surface area contributed by atoms with Gasteiger partial charge in [-0.15, -0.1) is 0 Å². The van der Waals surface area contributed by atoms with Crippen molar-refractivity contribution in [3.63, 3.8) is 0 Å². The van der Waals surface area contributed by atoms with Crippen LogP contribution < -0.4 is 10.2 Å². The lowest BCUT2D eigenvalue weighted by atomic mass is 10.2. The monoisotopic (exact) mass is 401 g/mol. The van der Waals surface area contributed by atoms with E-state index in [2.05, 4.69) is 10.3 Å². The highest BCUT2D eigenvalue weighted by Crippen LogP contribution is 2.34. The lowest BCUT2D eigenvalue weighted by Gasteiger charge is -2.29. The molecule has 10 heteroatoms. The fourth-order valence-electron chi connectivity index (χ4n) is 2.35. The number of thioether (sulfide) groups is 1. The van der Waals surface area contributed by atoms with E-state index >= 15 is 0 Å². The Balaban J connectivity index is 1.73. The molecule has 0 unspecified atom stereocenters. The molecule has 26 heavy (non-hydrogen) atoms. The molecule has 136 valence electrons. The molecule has 2 heterocycles. The van der Waals surface area contributed by atoms with E-state index < -0.39 is 11.7 Å². The summed E-state index contributed by atoms with van der Waals surface area (Å²) in [6.45, 7) is -0.134. The molecule has 1 aliphatic rings. The van der Waals surface area contributed by atoms with E-state index in [1.807, 2.05) is 0 Å². The Morgan fingerprint density at radius 2 is 2.08 bits per heavy atom. The van der Waals surface area contributed by atoms with Gasteiger partial charge in [-0.1, -0.05) is 35.5 Å². The van der Waals surface area contributed by atoms with Crippen molar-refractivity contribution in [3.8, 4) is 0 Å². The summed E-state index contributed by atoms with van der Waals surface area (Å²) in [6.07, 6.45) is -3.87. The van der Waals surface area contributed by atoms with Gasteiger partial charge in [0.25, 0.3) is 0 Å². The van der Waals surface area contributed by atoms with Gasteiger partial charge < -0.3 is 10.2 Å². The summed E-state index contributed by atoms with van der Waals surface area (Å²) in [6, 6.07) is 7.60. The number of fused-ring (bicyclic) bond motifs is 1. The minimum atomic E-state index is -4.54. The number of alkyl halides is 3. The molecule has 0 atom stereocenters. The molecule has 1 aromatic carbocycles. The molecule has 2 amide bonds. The second kappa shape index (κ2) is 7.16. The second-order valence-electron chi connectivity index (χ2n) is 5.34. The van der Waals surface area contributed by atoms with Crippen LogP contribution in [0.4, 0.5) is 24.5 Å². The topological polar surface area (TPSA) is 62.3 Å². The van der Waals surface area contributed by atoms with Gasteiger partial charge in [0, 0.05) is 6.20 Å². The van der Waals surface area contributed by atoms with Gasteiger partial charge in [0.05, 0.1) is 27.7 Å². The minimum absolute atomic E-state index is 0.114. The maximum absolute atomic E-state index is 12.6. The SMILES string of the molecule is O=C1CN(C(=O)CSc2ncc(C(F)(F)F)cc2Cl)c2ccccc2N1. The van der Waals surface area contributed by atoms with Crippen molar-refractivity contribution >= 4 is 46.6 Å². The molecule has 0 bridgehead atoms. The largest absolute Gasteiger partial charge is 0.417 e. The average Bonchev–Trinajstić information content (AvgIpc) is 2.58. The van der Waals surface area contributed by atoms with Crippen LogP contribution >= 0.6 is 23.4 Å². The first-order chi connectivity index (χ1) is 12.3. The number of pyridine rings is 1. The zero-order valence-corrected chi connectivity index (χ0v) is 14.6. The molecule has 0 saturated heterocycles. The molecule has 5 nitrogen and oxygen atoms in total. The van der Waals surface area contributed by atoms with Crippen LogP contribution in [0.2, 0.25) is 5.02 Å². The third-order valence-electron chi connectivity index (χ3n) is 3.54. The lowest BCUT2D eigenvalue weighted by Crippen LogP contribution is -2.43. The Labute approximate surface area is 155 Å². The van der Waals surface area contributed by atoms with Gasteiger partial charge in [-0.25, -0.2) is 4.98 Å². The predicted molar refractivity (Wildman–Crippen MR) is 92.4 cm³/mol. The number of aromatic nitrogens is 1. The zero-order chi connectivity index (χ0) is 18.9.